The molecule has 0 aliphatic carbocycles. The number of nitrogens with zero attached hydrogens (tertiary/aromatic N) is 1. The van der Waals surface area contributed by atoms with Crippen molar-refractivity contribution in [1.82, 2.24) is 10.7 Å². The summed E-state index contributed by atoms with van der Waals surface area (Å²) in [5, 5.41) is 8.55. The standard InChI is InChI=1S/C31H30FN3O4/c1-2-3-18-38-26-15-10-24(11-16-26)31(37)33-20-30(36)35-34-19-28-27-7-5-4-6-23(27)12-17-29(28)39-21-22-8-13-25(32)14-9-22/h4-17,19H,2-3,18,20-21H2,1H3,(H,33,37)(H,35,36)/b34-19-. The fraction of sp³-hybridized carbons (Fsp3) is 0.194. The molecule has 0 aromatic heterocycles. The molecule has 2 amide bonds. The highest BCUT2D eigenvalue weighted by Gasteiger charge is 2.10. The number of hydrogen-bond donors (Lipinski definition) is 2. The zero-order valence-electron chi connectivity index (χ0n) is 21.7. The SMILES string of the molecule is CCCCOc1ccc(C(=O)NCC(=O)N/N=C\c2c(OCc3ccc(F)cc3)ccc3ccccc23)cc1. The Hall–Kier alpha value is -4.72. The topological polar surface area (TPSA) is 89.0 Å². The number of fused-ring (bicyclic) bond motifs is 1. The summed E-state index contributed by atoms with van der Waals surface area (Å²) in [6, 6.07) is 24.4. The Bertz CT molecular complexity index is 1440. The molecule has 0 radical (unpaired) electrons. The second-order valence-electron chi connectivity index (χ2n) is 8.82. The lowest BCUT2D eigenvalue weighted by Gasteiger charge is -2.12. The van der Waals surface area contributed by atoms with Gasteiger partial charge in [-0.15, -0.1) is 0 Å². The smallest absolute Gasteiger partial charge is 0.259 e. The number of hydrogen-bond acceptors (Lipinski definition) is 5. The van der Waals surface area contributed by atoms with Gasteiger partial charge in [0, 0.05) is 11.1 Å². The summed E-state index contributed by atoms with van der Waals surface area (Å²) in [5.41, 5.74) is 4.37. The largest absolute Gasteiger partial charge is 0.494 e. The van der Waals surface area contributed by atoms with Crippen LogP contribution in [0, 0.1) is 5.82 Å². The number of rotatable bonds is 12. The summed E-state index contributed by atoms with van der Waals surface area (Å²) in [7, 11) is 0. The second kappa shape index (κ2) is 13.7. The lowest BCUT2D eigenvalue weighted by Crippen LogP contribution is -2.34. The van der Waals surface area contributed by atoms with Crippen molar-refractivity contribution in [2.75, 3.05) is 13.2 Å². The lowest BCUT2D eigenvalue weighted by atomic mass is 10.0. The molecule has 8 heteroatoms. The summed E-state index contributed by atoms with van der Waals surface area (Å²) in [4.78, 5) is 24.7. The van der Waals surface area contributed by atoms with E-state index in [2.05, 4.69) is 22.8 Å². The number of ether oxygens (including phenoxy) is 2. The van der Waals surface area contributed by atoms with E-state index < -0.39 is 5.91 Å². The molecule has 0 atom stereocenters. The predicted octanol–water partition coefficient (Wildman–Crippen LogP) is 5.62. The Morgan fingerprint density at radius 1 is 0.923 bits per heavy atom. The summed E-state index contributed by atoms with van der Waals surface area (Å²) >= 11 is 0. The first-order chi connectivity index (χ1) is 19.0. The van der Waals surface area contributed by atoms with Crippen LogP contribution in [0.15, 0.2) is 90.0 Å². The van der Waals surface area contributed by atoms with Crippen LogP contribution in [0.3, 0.4) is 0 Å². The number of nitrogens with one attached hydrogen (secondary N) is 2. The number of amides is 2. The Morgan fingerprint density at radius 2 is 1.69 bits per heavy atom. The maximum Gasteiger partial charge on any atom is 0.259 e. The second-order valence-corrected chi connectivity index (χ2v) is 8.82. The minimum atomic E-state index is -0.479. The van der Waals surface area contributed by atoms with Crippen molar-refractivity contribution < 1.29 is 23.5 Å². The van der Waals surface area contributed by atoms with E-state index >= 15 is 0 Å². The van der Waals surface area contributed by atoms with Crippen LogP contribution in [-0.4, -0.2) is 31.2 Å². The molecule has 0 saturated heterocycles. The van der Waals surface area contributed by atoms with Gasteiger partial charge in [0.1, 0.15) is 23.9 Å². The van der Waals surface area contributed by atoms with E-state index in [1.807, 2.05) is 36.4 Å². The molecule has 0 bridgehead atoms. The van der Waals surface area contributed by atoms with Gasteiger partial charge in [0.25, 0.3) is 11.8 Å². The van der Waals surface area contributed by atoms with Crippen LogP contribution < -0.4 is 20.2 Å². The predicted molar refractivity (Wildman–Crippen MR) is 150 cm³/mol. The van der Waals surface area contributed by atoms with Gasteiger partial charge in [-0.05, 0) is 65.2 Å². The van der Waals surface area contributed by atoms with Gasteiger partial charge in [-0.25, -0.2) is 9.82 Å². The first kappa shape index (κ1) is 27.3. The van der Waals surface area contributed by atoms with Gasteiger partial charge in [-0.1, -0.05) is 55.8 Å². The molecule has 0 unspecified atom stereocenters. The molecule has 39 heavy (non-hydrogen) atoms. The number of carbonyl (C=O) groups is 2. The molecule has 0 aliphatic heterocycles. The van der Waals surface area contributed by atoms with Gasteiger partial charge < -0.3 is 14.8 Å². The third kappa shape index (κ3) is 7.88. The summed E-state index contributed by atoms with van der Waals surface area (Å²) in [6.07, 6.45) is 3.52. The van der Waals surface area contributed by atoms with E-state index in [1.54, 1.807) is 36.4 Å². The Morgan fingerprint density at radius 3 is 2.46 bits per heavy atom. The zero-order valence-corrected chi connectivity index (χ0v) is 21.7. The van der Waals surface area contributed by atoms with E-state index in [4.69, 9.17) is 9.47 Å². The highest BCUT2D eigenvalue weighted by molar-refractivity contribution is 6.03. The molecule has 4 rings (SSSR count). The van der Waals surface area contributed by atoms with Crippen molar-refractivity contribution in [1.29, 1.82) is 0 Å². The Labute approximate surface area is 226 Å². The van der Waals surface area contributed by atoms with Crippen molar-refractivity contribution in [3.8, 4) is 11.5 Å². The number of hydrazone groups is 1. The molecule has 200 valence electrons. The van der Waals surface area contributed by atoms with Crippen molar-refractivity contribution in [3.05, 3.63) is 107 Å². The first-order valence-electron chi connectivity index (χ1n) is 12.8. The molecule has 0 spiro atoms. The molecule has 4 aromatic rings. The summed E-state index contributed by atoms with van der Waals surface area (Å²) in [5.74, 6) is 0.0930. The normalized spacial score (nSPS) is 10.9. The quantitative estimate of drug-likeness (QED) is 0.142. The molecule has 0 fully saturated rings. The molecule has 0 saturated carbocycles. The fourth-order valence-corrected chi connectivity index (χ4v) is 3.78. The zero-order chi connectivity index (χ0) is 27.5. The van der Waals surface area contributed by atoms with Gasteiger partial charge in [0.05, 0.1) is 19.4 Å². The molecule has 7 nitrogen and oxygen atoms in total. The van der Waals surface area contributed by atoms with Gasteiger partial charge in [-0.3, -0.25) is 9.59 Å². The molecule has 2 N–H and O–H groups in total. The Kier molecular flexibility index (Phi) is 9.61. The fourth-order valence-electron chi connectivity index (χ4n) is 3.78. The van der Waals surface area contributed by atoms with Crippen molar-refractivity contribution in [2.45, 2.75) is 26.4 Å². The van der Waals surface area contributed by atoms with Crippen molar-refractivity contribution in [2.24, 2.45) is 5.10 Å². The minimum Gasteiger partial charge on any atom is -0.494 e. The van der Waals surface area contributed by atoms with E-state index in [0.29, 0.717) is 29.2 Å². The van der Waals surface area contributed by atoms with E-state index in [1.165, 1.54) is 18.3 Å². The third-order valence-electron chi connectivity index (χ3n) is 5.91. The molecular weight excluding hydrogens is 497 g/mol. The number of carbonyl (C=O) groups excluding carboxylic acids is 2. The molecule has 4 aromatic carbocycles. The third-order valence-corrected chi connectivity index (χ3v) is 5.91. The highest BCUT2D eigenvalue weighted by Crippen LogP contribution is 2.27. The van der Waals surface area contributed by atoms with Crippen LogP contribution in [0.25, 0.3) is 10.8 Å². The van der Waals surface area contributed by atoms with E-state index in [-0.39, 0.29) is 24.9 Å². The first-order valence-corrected chi connectivity index (χ1v) is 12.8. The van der Waals surface area contributed by atoms with Crippen LogP contribution >= 0.6 is 0 Å². The van der Waals surface area contributed by atoms with Crippen molar-refractivity contribution >= 4 is 28.8 Å². The van der Waals surface area contributed by atoms with Gasteiger partial charge in [-0.2, -0.15) is 5.10 Å². The number of benzene rings is 4. The van der Waals surface area contributed by atoms with Crippen molar-refractivity contribution in [3.63, 3.8) is 0 Å². The average molecular weight is 528 g/mol. The van der Waals surface area contributed by atoms with E-state index in [9.17, 15) is 14.0 Å². The van der Waals surface area contributed by atoms with Crippen LogP contribution in [0.1, 0.15) is 41.3 Å². The van der Waals surface area contributed by atoms with Crippen LogP contribution in [-0.2, 0) is 11.4 Å². The molecular formula is C31H30FN3O4. The highest BCUT2D eigenvalue weighted by atomic mass is 19.1. The lowest BCUT2D eigenvalue weighted by molar-refractivity contribution is -0.120. The van der Waals surface area contributed by atoms with Gasteiger partial charge in [0.15, 0.2) is 0 Å². The monoisotopic (exact) mass is 527 g/mol. The van der Waals surface area contributed by atoms with Crippen LogP contribution in [0.4, 0.5) is 4.39 Å². The number of halogens is 1. The van der Waals surface area contributed by atoms with Crippen LogP contribution in [0.2, 0.25) is 0 Å². The minimum absolute atomic E-state index is 0.240. The maximum atomic E-state index is 13.2. The summed E-state index contributed by atoms with van der Waals surface area (Å²) in [6.45, 7) is 2.72. The molecule has 0 aliphatic rings. The average Bonchev–Trinajstić information content (AvgIpc) is 2.96. The van der Waals surface area contributed by atoms with Gasteiger partial charge in [0.2, 0.25) is 0 Å². The molecule has 0 heterocycles. The van der Waals surface area contributed by atoms with E-state index in [0.717, 1.165) is 29.2 Å². The van der Waals surface area contributed by atoms with Crippen LogP contribution in [0.5, 0.6) is 11.5 Å². The van der Waals surface area contributed by atoms with Gasteiger partial charge >= 0.3 is 0 Å². The summed E-state index contributed by atoms with van der Waals surface area (Å²) < 4.78 is 24.8. The number of unbranched alkanes of at least 4 members (excludes halogenated alkanes) is 1. The maximum absolute atomic E-state index is 13.2. The Balaban J connectivity index is 1.35.